The summed E-state index contributed by atoms with van der Waals surface area (Å²) >= 11 is 6.15. The lowest BCUT2D eigenvalue weighted by Crippen LogP contribution is -2.19. The lowest BCUT2D eigenvalue weighted by molar-refractivity contribution is 0.687. The molecule has 1 aliphatic carbocycles. The zero-order valence-corrected chi connectivity index (χ0v) is 12.4. The van der Waals surface area contributed by atoms with Crippen molar-refractivity contribution in [2.24, 2.45) is 0 Å². The van der Waals surface area contributed by atoms with Crippen LogP contribution in [0.15, 0.2) is 48.5 Å². The van der Waals surface area contributed by atoms with Gasteiger partial charge < -0.3 is 10.2 Å². The Labute approximate surface area is 125 Å². The number of nitrogens with zero attached hydrogens (tertiary/aromatic N) is 1. The molecule has 0 radical (unpaired) electrons. The number of halogens is 1. The fourth-order valence-electron chi connectivity index (χ4n) is 2.36. The van der Waals surface area contributed by atoms with Crippen molar-refractivity contribution in [1.29, 1.82) is 0 Å². The molecule has 0 saturated heterocycles. The Kier molecular flexibility index (Phi) is 3.95. The molecule has 1 fully saturated rings. The molecule has 0 bridgehead atoms. The molecule has 1 saturated carbocycles. The standard InChI is InChI=1S/C17H19ClN2/c1-20(16-5-3-2-4-6-16)17-10-7-14(18)11-13(17)12-19-15-8-9-15/h2-7,10-11,15,19H,8-9,12H2,1H3. The van der Waals surface area contributed by atoms with Crippen LogP contribution in [-0.2, 0) is 6.54 Å². The monoisotopic (exact) mass is 286 g/mol. The largest absolute Gasteiger partial charge is 0.344 e. The summed E-state index contributed by atoms with van der Waals surface area (Å²) in [6, 6.07) is 17.2. The van der Waals surface area contributed by atoms with Gasteiger partial charge in [-0.05, 0) is 48.7 Å². The van der Waals surface area contributed by atoms with E-state index in [1.807, 2.05) is 12.1 Å². The molecular weight excluding hydrogens is 268 g/mol. The minimum atomic E-state index is 0.698. The van der Waals surface area contributed by atoms with Crippen molar-refractivity contribution in [2.45, 2.75) is 25.4 Å². The Bertz CT molecular complexity index is 579. The molecule has 0 unspecified atom stereocenters. The van der Waals surface area contributed by atoms with Crippen molar-refractivity contribution >= 4 is 23.0 Å². The number of para-hydroxylation sites is 1. The summed E-state index contributed by atoms with van der Waals surface area (Å²) in [5.41, 5.74) is 3.63. The van der Waals surface area contributed by atoms with E-state index in [9.17, 15) is 0 Å². The van der Waals surface area contributed by atoms with Gasteiger partial charge in [-0.15, -0.1) is 0 Å². The van der Waals surface area contributed by atoms with Gasteiger partial charge in [0.15, 0.2) is 0 Å². The molecule has 0 spiro atoms. The summed E-state index contributed by atoms with van der Waals surface area (Å²) in [5, 5.41) is 4.36. The predicted molar refractivity (Wildman–Crippen MR) is 85.8 cm³/mol. The van der Waals surface area contributed by atoms with Crippen molar-refractivity contribution in [1.82, 2.24) is 5.32 Å². The molecule has 1 N–H and O–H groups in total. The van der Waals surface area contributed by atoms with Gasteiger partial charge in [0.05, 0.1) is 0 Å². The van der Waals surface area contributed by atoms with Crippen LogP contribution in [0.4, 0.5) is 11.4 Å². The Hall–Kier alpha value is -1.51. The summed E-state index contributed by atoms with van der Waals surface area (Å²) in [6.45, 7) is 0.873. The average Bonchev–Trinajstić information content (AvgIpc) is 3.30. The van der Waals surface area contributed by atoms with Crippen LogP contribution in [0, 0.1) is 0 Å². The average molecular weight is 287 g/mol. The van der Waals surface area contributed by atoms with Gasteiger partial charge in [0, 0.05) is 36.0 Å². The highest BCUT2D eigenvalue weighted by molar-refractivity contribution is 6.30. The van der Waals surface area contributed by atoms with Crippen LogP contribution >= 0.6 is 11.6 Å². The van der Waals surface area contributed by atoms with E-state index in [1.165, 1.54) is 29.8 Å². The number of rotatable bonds is 5. The van der Waals surface area contributed by atoms with Crippen molar-refractivity contribution in [3.63, 3.8) is 0 Å². The first-order chi connectivity index (χ1) is 9.74. The number of hydrogen-bond donors (Lipinski definition) is 1. The van der Waals surface area contributed by atoms with Gasteiger partial charge in [0.1, 0.15) is 0 Å². The molecule has 20 heavy (non-hydrogen) atoms. The Morgan fingerprint density at radius 3 is 2.60 bits per heavy atom. The van der Waals surface area contributed by atoms with Crippen LogP contribution in [0.1, 0.15) is 18.4 Å². The highest BCUT2D eigenvalue weighted by Crippen LogP contribution is 2.30. The van der Waals surface area contributed by atoms with E-state index in [-0.39, 0.29) is 0 Å². The van der Waals surface area contributed by atoms with Gasteiger partial charge in [-0.25, -0.2) is 0 Å². The van der Waals surface area contributed by atoms with E-state index in [1.54, 1.807) is 0 Å². The van der Waals surface area contributed by atoms with Gasteiger partial charge in [-0.3, -0.25) is 0 Å². The first kappa shape index (κ1) is 13.5. The van der Waals surface area contributed by atoms with E-state index in [4.69, 9.17) is 11.6 Å². The molecule has 2 aromatic rings. The quantitative estimate of drug-likeness (QED) is 0.878. The molecule has 0 atom stereocenters. The molecule has 2 nitrogen and oxygen atoms in total. The maximum atomic E-state index is 6.15. The number of hydrogen-bond acceptors (Lipinski definition) is 2. The van der Waals surface area contributed by atoms with Crippen molar-refractivity contribution in [2.75, 3.05) is 11.9 Å². The van der Waals surface area contributed by atoms with Crippen molar-refractivity contribution in [3.8, 4) is 0 Å². The Morgan fingerprint density at radius 2 is 1.90 bits per heavy atom. The second kappa shape index (κ2) is 5.86. The highest BCUT2D eigenvalue weighted by Gasteiger charge is 2.21. The maximum absolute atomic E-state index is 6.15. The summed E-state index contributed by atoms with van der Waals surface area (Å²) in [4.78, 5) is 2.21. The molecule has 104 valence electrons. The molecule has 2 aromatic carbocycles. The second-order valence-electron chi connectivity index (χ2n) is 5.32. The van der Waals surface area contributed by atoms with Crippen LogP contribution in [-0.4, -0.2) is 13.1 Å². The highest BCUT2D eigenvalue weighted by atomic mass is 35.5. The van der Waals surface area contributed by atoms with Crippen LogP contribution in [0.5, 0.6) is 0 Å². The van der Waals surface area contributed by atoms with E-state index in [0.717, 1.165) is 11.6 Å². The lowest BCUT2D eigenvalue weighted by Gasteiger charge is -2.23. The summed E-state index contributed by atoms with van der Waals surface area (Å²) in [7, 11) is 2.10. The van der Waals surface area contributed by atoms with E-state index >= 15 is 0 Å². The Balaban J connectivity index is 1.86. The molecule has 3 heteroatoms. The van der Waals surface area contributed by atoms with Crippen molar-refractivity contribution in [3.05, 3.63) is 59.1 Å². The third-order valence-electron chi connectivity index (χ3n) is 3.70. The molecule has 3 rings (SSSR count). The fourth-order valence-corrected chi connectivity index (χ4v) is 2.55. The molecule has 0 aromatic heterocycles. The van der Waals surface area contributed by atoms with Gasteiger partial charge in [-0.2, -0.15) is 0 Å². The molecule has 0 amide bonds. The maximum Gasteiger partial charge on any atom is 0.0454 e. The first-order valence-electron chi connectivity index (χ1n) is 7.04. The van der Waals surface area contributed by atoms with Gasteiger partial charge >= 0.3 is 0 Å². The lowest BCUT2D eigenvalue weighted by atomic mass is 10.1. The number of anilines is 2. The van der Waals surface area contributed by atoms with Crippen molar-refractivity contribution < 1.29 is 0 Å². The predicted octanol–water partition coefficient (Wildman–Crippen LogP) is 4.36. The van der Waals surface area contributed by atoms with Gasteiger partial charge in [0.2, 0.25) is 0 Å². The van der Waals surface area contributed by atoms with Gasteiger partial charge in [0.25, 0.3) is 0 Å². The summed E-state index contributed by atoms with van der Waals surface area (Å²) in [5.74, 6) is 0. The van der Waals surface area contributed by atoms with E-state index in [0.29, 0.717) is 6.04 Å². The second-order valence-corrected chi connectivity index (χ2v) is 5.76. The molecule has 1 aliphatic rings. The van der Waals surface area contributed by atoms with Crippen LogP contribution in [0.2, 0.25) is 5.02 Å². The SMILES string of the molecule is CN(c1ccccc1)c1ccc(Cl)cc1CNC1CC1. The third kappa shape index (κ3) is 3.14. The molecule has 0 heterocycles. The topological polar surface area (TPSA) is 15.3 Å². The summed E-state index contributed by atoms with van der Waals surface area (Å²) in [6.07, 6.45) is 2.59. The Morgan fingerprint density at radius 1 is 1.15 bits per heavy atom. The number of nitrogens with one attached hydrogen (secondary N) is 1. The smallest absolute Gasteiger partial charge is 0.0454 e. The minimum absolute atomic E-state index is 0.698. The zero-order chi connectivity index (χ0) is 13.9. The molecule has 0 aliphatic heterocycles. The zero-order valence-electron chi connectivity index (χ0n) is 11.6. The first-order valence-corrected chi connectivity index (χ1v) is 7.42. The van der Waals surface area contributed by atoms with Crippen LogP contribution < -0.4 is 10.2 Å². The fraction of sp³-hybridized carbons (Fsp3) is 0.294. The van der Waals surface area contributed by atoms with E-state index in [2.05, 4.69) is 53.7 Å². The number of benzene rings is 2. The summed E-state index contributed by atoms with van der Waals surface area (Å²) < 4.78 is 0. The third-order valence-corrected chi connectivity index (χ3v) is 3.94. The van der Waals surface area contributed by atoms with Crippen LogP contribution in [0.3, 0.4) is 0 Å². The van der Waals surface area contributed by atoms with Crippen LogP contribution in [0.25, 0.3) is 0 Å². The minimum Gasteiger partial charge on any atom is -0.344 e. The normalized spacial score (nSPS) is 14.3. The van der Waals surface area contributed by atoms with E-state index < -0.39 is 0 Å². The molecular formula is C17H19ClN2. The van der Waals surface area contributed by atoms with Gasteiger partial charge in [-0.1, -0.05) is 29.8 Å².